The molecule has 0 heterocycles. The molecular weight excluding hydrogens is 418 g/mol. The molecule has 0 aromatic heterocycles. The summed E-state index contributed by atoms with van der Waals surface area (Å²) in [6.45, 7) is 16.0. The number of unbranched alkanes of at least 4 members (excludes halogenated alkanes) is 2. The van der Waals surface area contributed by atoms with Gasteiger partial charge in [-0.15, -0.1) is 0 Å². The summed E-state index contributed by atoms with van der Waals surface area (Å²) in [5.74, 6) is -0.517. The standard InChI is InChI=1S/C26H43N3O4/c1-9-11-16-27-23(30)22(21-15-13-14-18(3)19(21)4)29(17-12-10-2)24(31)20(5)28-25(32)33-26(6,7)8/h13-15,20,22H,9-12,16-17H2,1-8H3,(H,27,30)(H,28,32). The molecule has 186 valence electrons. The van der Waals surface area contributed by atoms with Crippen LogP contribution < -0.4 is 10.6 Å². The van der Waals surface area contributed by atoms with Crippen LogP contribution in [-0.4, -0.2) is 47.5 Å². The molecule has 2 atom stereocenters. The molecule has 0 aliphatic carbocycles. The fourth-order valence-corrected chi connectivity index (χ4v) is 3.50. The second-order valence-electron chi connectivity index (χ2n) is 9.59. The number of carbonyl (C=O) groups excluding carboxylic acids is 3. The van der Waals surface area contributed by atoms with Crippen molar-refractivity contribution in [3.8, 4) is 0 Å². The van der Waals surface area contributed by atoms with Crippen molar-refractivity contribution in [2.45, 2.75) is 98.8 Å². The summed E-state index contributed by atoms with van der Waals surface area (Å²) in [7, 11) is 0. The smallest absolute Gasteiger partial charge is 0.408 e. The van der Waals surface area contributed by atoms with E-state index in [-0.39, 0.29) is 11.8 Å². The molecule has 0 aliphatic rings. The normalized spacial score (nSPS) is 13.1. The first-order valence-corrected chi connectivity index (χ1v) is 12.1. The molecule has 0 aliphatic heterocycles. The Kier molecular flexibility index (Phi) is 11.4. The number of hydrogen-bond acceptors (Lipinski definition) is 4. The lowest BCUT2D eigenvalue weighted by atomic mass is 9.95. The Morgan fingerprint density at radius 3 is 2.27 bits per heavy atom. The van der Waals surface area contributed by atoms with Gasteiger partial charge < -0.3 is 20.3 Å². The highest BCUT2D eigenvalue weighted by atomic mass is 16.6. The Balaban J connectivity index is 3.32. The van der Waals surface area contributed by atoms with E-state index in [1.807, 2.05) is 39.0 Å². The summed E-state index contributed by atoms with van der Waals surface area (Å²) in [6, 6.07) is 4.20. The summed E-state index contributed by atoms with van der Waals surface area (Å²) >= 11 is 0. The summed E-state index contributed by atoms with van der Waals surface area (Å²) in [5.41, 5.74) is 2.17. The highest BCUT2D eigenvalue weighted by Crippen LogP contribution is 2.27. The van der Waals surface area contributed by atoms with Gasteiger partial charge >= 0.3 is 6.09 Å². The highest BCUT2D eigenvalue weighted by molar-refractivity contribution is 5.92. The van der Waals surface area contributed by atoms with Crippen LogP contribution in [0.15, 0.2) is 18.2 Å². The van der Waals surface area contributed by atoms with Crippen LogP contribution in [0.2, 0.25) is 0 Å². The van der Waals surface area contributed by atoms with Gasteiger partial charge in [0, 0.05) is 13.1 Å². The van der Waals surface area contributed by atoms with E-state index < -0.39 is 23.8 Å². The van der Waals surface area contributed by atoms with Crippen LogP contribution in [0.1, 0.15) is 90.0 Å². The first kappa shape index (κ1) is 28.5. The first-order chi connectivity index (χ1) is 15.4. The third-order valence-corrected chi connectivity index (χ3v) is 5.47. The zero-order chi connectivity index (χ0) is 25.2. The number of nitrogens with zero attached hydrogens (tertiary/aromatic N) is 1. The zero-order valence-electron chi connectivity index (χ0n) is 21.7. The molecule has 1 aromatic carbocycles. The van der Waals surface area contributed by atoms with Gasteiger partial charge in [-0.1, -0.05) is 44.9 Å². The average molecular weight is 462 g/mol. The third-order valence-electron chi connectivity index (χ3n) is 5.47. The summed E-state index contributed by atoms with van der Waals surface area (Å²) in [6.07, 6.45) is 2.78. The number of amides is 3. The lowest BCUT2D eigenvalue weighted by molar-refractivity contribution is -0.142. The Morgan fingerprint density at radius 2 is 1.70 bits per heavy atom. The molecule has 0 radical (unpaired) electrons. The SMILES string of the molecule is CCCCNC(=O)C(c1cccc(C)c1C)N(CCCC)C(=O)C(C)NC(=O)OC(C)(C)C. The quantitative estimate of drug-likeness (QED) is 0.463. The van der Waals surface area contributed by atoms with Crippen LogP contribution in [0.5, 0.6) is 0 Å². The number of carbonyl (C=O) groups is 3. The predicted octanol–water partition coefficient (Wildman–Crippen LogP) is 4.80. The second-order valence-corrected chi connectivity index (χ2v) is 9.59. The summed E-state index contributed by atoms with van der Waals surface area (Å²) in [4.78, 5) is 40.9. The largest absolute Gasteiger partial charge is 0.444 e. The Labute approximate surface area is 199 Å². The molecule has 0 fully saturated rings. The van der Waals surface area contributed by atoms with Gasteiger partial charge in [-0.3, -0.25) is 9.59 Å². The maximum absolute atomic E-state index is 13.6. The monoisotopic (exact) mass is 461 g/mol. The van der Waals surface area contributed by atoms with E-state index in [9.17, 15) is 14.4 Å². The Hall–Kier alpha value is -2.57. The second kappa shape index (κ2) is 13.2. The Bertz CT molecular complexity index is 801. The molecule has 2 unspecified atom stereocenters. The van der Waals surface area contributed by atoms with Gasteiger partial charge in [0.15, 0.2) is 0 Å². The number of benzene rings is 1. The van der Waals surface area contributed by atoms with E-state index in [0.29, 0.717) is 13.1 Å². The van der Waals surface area contributed by atoms with Crippen LogP contribution >= 0.6 is 0 Å². The minimum atomic E-state index is -0.840. The van der Waals surface area contributed by atoms with Gasteiger partial charge in [0.25, 0.3) is 0 Å². The molecule has 33 heavy (non-hydrogen) atoms. The minimum absolute atomic E-state index is 0.203. The maximum atomic E-state index is 13.6. The van der Waals surface area contributed by atoms with E-state index in [2.05, 4.69) is 17.6 Å². The number of nitrogens with one attached hydrogen (secondary N) is 2. The highest BCUT2D eigenvalue weighted by Gasteiger charge is 2.35. The van der Waals surface area contributed by atoms with Crippen molar-refractivity contribution in [2.24, 2.45) is 0 Å². The number of hydrogen-bond donors (Lipinski definition) is 2. The number of alkyl carbamates (subject to hydrolysis) is 1. The van der Waals surface area contributed by atoms with Crippen molar-refractivity contribution in [3.05, 3.63) is 34.9 Å². The van der Waals surface area contributed by atoms with Gasteiger partial charge in [-0.25, -0.2) is 4.79 Å². The number of aryl methyl sites for hydroxylation is 1. The van der Waals surface area contributed by atoms with Gasteiger partial charge in [-0.2, -0.15) is 0 Å². The van der Waals surface area contributed by atoms with Gasteiger partial charge in [0.1, 0.15) is 17.7 Å². The number of rotatable bonds is 11. The van der Waals surface area contributed by atoms with Crippen LogP contribution in [0, 0.1) is 13.8 Å². The van der Waals surface area contributed by atoms with E-state index in [0.717, 1.165) is 42.4 Å². The molecule has 3 amide bonds. The molecular formula is C26H43N3O4. The van der Waals surface area contributed by atoms with Crippen molar-refractivity contribution >= 4 is 17.9 Å². The third kappa shape index (κ3) is 9.06. The van der Waals surface area contributed by atoms with Crippen molar-refractivity contribution in [1.29, 1.82) is 0 Å². The van der Waals surface area contributed by atoms with Crippen molar-refractivity contribution in [3.63, 3.8) is 0 Å². The molecule has 0 spiro atoms. The van der Waals surface area contributed by atoms with Gasteiger partial charge in [0.05, 0.1) is 0 Å². The molecule has 1 aromatic rings. The molecule has 1 rings (SSSR count). The number of ether oxygens (including phenoxy) is 1. The fraction of sp³-hybridized carbons (Fsp3) is 0.654. The topological polar surface area (TPSA) is 87.7 Å². The lowest BCUT2D eigenvalue weighted by Crippen LogP contribution is -2.52. The van der Waals surface area contributed by atoms with Crippen LogP contribution in [-0.2, 0) is 14.3 Å². The first-order valence-electron chi connectivity index (χ1n) is 12.1. The van der Waals surface area contributed by atoms with E-state index in [1.54, 1.807) is 32.6 Å². The van der Waals surface area contributed by atoms with Gasteiger partial charge in [-0.05, 0) is 71.1 Å². The van der Waals surface area contributed by atoms with E-state index >= 15 is 0 Å². The molecule has 7 nitrogen and oxygen atoms in total. The van der Waals surface area contributed by atoms with E-state index in [4.69, 9.17) is 4.74 Å². The summed E-state index contributed by atoms with van der Waals surface area (Å²) in [5, 5.41) is 5.64. The molecule has 7 heteroatoms. The van der Waals surface area contributed by atoms with Crippen LogP contribution in [0.25, 0.3) is 0 Å². The van der Waals surface area contributed by atoms with Gasteiger partial charge in [0.2, 0.25) is 11.8 Å². The molecule has 0 bridgehead atoms. The molecule has 0 saturated carbocycles. The predicted molar refractivity (Wildman–Crippen MR) is 132 cm³/mol. The Morgan fingerprint density at radius 1 is 1.06 bits per heavy atom. The lowest BCUT2D eigenvalue weighted by Gasteiger charge is -2.34. The summed E-state index contributed by atoms with van der Waals surface area (Å²) < 4.78 is 5.31. The molecule has 2 N–H and O–H groups in total. The molecule has 0 saturated heterocycles. The average Bonchev–Trinajstić information content (AvgIpc) is 2.71. The van der Waals surface area contributed by atoms with Crippen molar-refractivity contribution < 1.29 is 19.1 Å². The van der Waals surface area contributed by atoms with Crippen LogP contribution in [0.3, 0.4) is 0 Å². The fourth-order valence-electron chi connectivity index (χ4n) is 3.50. The maximum Gasteiger partial charge on any atom is 0.408 e. The van der Waals surface area contributed by atoms with Crippen molar-refractivity contribution in [2.75, 3.05) is 13.1 Å². The van der Waals surface area contributed by atoms with Crippen LogP contribution in [0.4, 0.5) is 4.79 Å². The van der Waals surface area contributed by atoms with Crippen molar-refractivity contribution in [1.82, 2.24) is 15.5 Å². The zero-order valence-corrected chi connectivity index (χ0v) is 21.7. The minimum Gasteiger partial charge on any atom is -0.444 e. The van der Waals surface area contributed by atoms with E-state index in [1.165, 1.54) is 0 Å².